The number of benzene rings is 1. The Morgan fingerprint density at radius 1 is 1.29 bits per heavy atom. The third-order valence-corrected chi connectivity index (χ3v) is 3.38. The first-order valence-electron chi connectivity index (χ1n) is 6.15. The molecule has 17 heavy (non-hydrogen) atoms. The van der Waals surface area contributed by atoms with Gasteiger partial charge in [0, 0.05) is 19.1 Å². The molecular formula is C14H21NO2. The summed E-state index contributed by atoms with van der Waals surface area (Å²) in [5, 5.41) is 9.30. The van der Waals surface area contributed by atoms with Crippen molar-refractivity contribution in [2.75, 3.05) is 19.7 Å². The quantitative estimate of drug-likeness (QED) is 0.855. The van der Waals surface area contributed by atoms with Crippen LogP contribution in [0, 0.1) is 0 Å². The molecule has 0 aliphatic carbocycles. The highest BCUT2D eigenvalue weighted by Crippen LogP contribution is 2.27. The predicted molar refractivity (Wildman–Crippen MR) is 68.1 cm³/mol. The van der Waals surface area contributed by atoms with Crippen LogP contribution in [0.2, 0.25) is 0 Å². The van der Waals surface area contributed by atoms with Gasteiger partial charge in [-0.1, -0.05) is 12.1 Å². The molecule has 1 N–H and O–H groups in total. The molecule has 3 heteroatoms. The molecule has 0 aromatic heterocycles. The molecule has 2 rings (SSSR count). The van der Waals surface area contributed by atoms with Crippen molar-refractivity contribution < 1.29 is 9.84 Å². The highest BCUT2D eigenvalue weighted by atomic mass is 16.5. The summed E-state index contributed by atoms with van der Waals surface area (Å²) in [5.41, 5.74) is 1.17. The summed E-state index contributed by atoms with van der Waals surface area (Å²) in [5.74, 6) is 0.322. The first kappa shape index (κ1) is 12.4. The van der Waals surface area contributed by atoms with Gasteiger partial charge in [0.15, 0.2) is 0 Å². The van der Waals surface area contributed by atoms with Crippen LogP contribution in [0.3, 0.4) is 0 Å². The summed E-state index contributed by atoms with van der Waals surface area (Å²) in [7, 11) is 0. The molecule has 1 saturated heterocycles. The zero-order valence-corrected chi connectivity index (χ0v) is 10.8. The molecule has 1 aromatic rings. The van der Waals surface area contributed by atoms with Crippen LogP contribution in [0.1, 0.15) is 32.4 Å². The van der Waals surface area contributed by atoms with Crippen molar-refractivity contribution in [3.63, 3.8) is 0 Å². The van der Waals surface area contributed by atoms with Crippen molar-refractivity contribution in [1.29, 1.82) is 0 Å². The Hall–Kier alpha value is -1.06. The number of hydrogen-bond acceptors (Lipinski definition) is 3. The van der Waals surface area contributed by atoms with E-state index in [1.54, 1.807) is 12.1 Å². The fourth-order valence-corrected chi connectivity index (χ4v) is 2.35. The van der Waals surface area contributed by atoms with E-state index < -0.39 is 0 Å². The fourth-order valence-electron chi connectivity index (χ4n) is 2.35. The van der Waals surface area contributed by atoms with Crippen LogP contribution in [-0.4, -0.2) is 35.3 Å². The second kappa shape index (κ2) is 4.67. The van der Waals surface area contributed by atoms with Gasteiger partial charge in [0.05, 0.1) is 12.2 Å². The van der Waals surface area contributed by atoms with Crippen LogP contribution in [0.15, 0.2) is 24.3 Å². The normalized spacial score (nSPS) is 22.3. The lowest BCUT2D eigenvalue weighted by Crippen LogP contribution is -2.48. The molecule has 1 aliphatic rings. The molecular weight excluding hydrogens is 214 g/mol. The van der Waals surface area contributed by atoms with Crippen molar-refractivity contribution in [2.45, 2.75) is 32.4 Å². The molecule has 1 fully saturated rings. The van der Waals surface area contributed by atoms with Gasteiger partial charge in [-0.3, -0.25) is 4.90 Å². The smallest absolute Gasteiger partial charge is 0.115 e. The number of nitrogens with zero attached hydrogens (tertiary/aromatic N) is 1. The maximum Gasteiger partial charge on any atom is 0.115 e. The van der Waals surface area contributed by atoms with Crippen molar-refractivity contribution in [2.24, 2.45) is 0 Å². The summed E-state index contributed by atoms with van der Waals surface area (Å²) >= 11 is 0. The number of aromatic hydroxyl groups is 1. The van der Waals surface area contributed by atoms with Crippen molar-refractivity contribution in [1.82, 2.24) is 4.90 Å². The summed E-state index contributed by atoms with van der Waals surface area (Å²) in [6, 6.07) is 7.83. The number of phenolic OH excluding ortho intramolecular Hbond substituents is 1. The molecule has 0 bridgehead atoms. The monoisotopic (exact) mass is 235 g/mol. The summed E-state index contributed by atoms with van der Waals surface area (Å²) in [6.07, 6.45) is 0. The number of ether oxygens (including phenoxy) is 1. The Morgan fingerprint density at radius 2 is 1.94 bits per heavy atom. The van der Waals surface area contributed by atoms with Gasteiger partial charge in [0.1, 0.15) is 5.75 Å². The SMILES string of the molecule is CC(c1ccc(O)cc1)N1CCOC(C)(C)C1. The zero-order valence-electron chi connectivity index (χ0n) is 10.8. The van der Waals surface area contributed by atoms with Crippen molar-refractivity contribution >= 4 is 0 Å². The molecule has 1 aliphatic heterocycles. The van der Waals surface area contributed by atoms with Crippen molar-refractivity contribution in [3.05, 3.63) is 29.8 Å². The minimum absolute atomic E-state index is 0.0660. The fraction of sp³-hybridized carbons (Fsp3) is 0.571. The van der Waals surface area contributed by atoms with Gasteiger partial charge in [-0.25, -0.2) is 0 Å². The van der Waals surface area contributed by atoms with E-state index >= 15 is 0 Å². The van der Waals surface area contributed by atoms with E-state index in [4.69, 9.17) is 4.74 Å². The summed E-state index contributed by atoms with van der Waals surface area (Å²) < 4.78 is 5.72. The maximum atomic E-state index is 9.30. The number of hydrogen-bond donors (Lipinski definition) is 1. The molecule has 1 heterocycles. The van der Waals surface area contributed by atoms with Gasteiger partial charge >= 0.3 is 0 Å². The van der Waals surface area contributed by atoms with E-state index in [0.29, 0.717) is 11.8 Å². The van der Waals surface area contributed by atoms with Crippen LogP contribution < -0.4 is 0 Å². The Kier molecular flexibility index (Phi) is 3.40. The number of morpholine rings is 1. The first-order chi connectivity index (χ1) is 7.98. The molecule has 94 valence electrons. The topological polar surface area (TPSA) is 32.7 Å². The Bertz CT molecular complexity index is 372. The van der Waals surface area contributed by atoms with Gasteiger partial charge in [0.2, 0.25) is 0 Å². The number of phenols is 1. The highest BCUT2D eigenvalue weighted by Gasteiger charge is 2.30. The van der Waals surface area contributed by atoms with Gasteiger partial charge in [0.25, 0.3) is 0 Å². The lowest BCUT2D eigenvalue weighted by Gasteiger charge is -2.41. The van der Waals surface area contributed by atoms with Gasteiger partial charge in [-0.05, 0) is 38.5 Å². The van der Waals surface area contributed by atoms with Gasteiger partial charge < -0.3 is 9.84 Å². The molecule has 1 atom stereocenters. The molecule has 1 aromatic carbocycles. The standard InChI is InChI=1S/C14H21NO2/c1-11(12-4-6-13(16)7-5-12)15-8-9-17-14(2,3)10-15/h4-7,11,16H,8-10H2,1-3H3. The van der Waals surface area contributed by atoms with E-state index in [1.807, 2.05) is 12.1 Å². The summed E-state index contributed by atoms with van der Waals surface area (Å²) in [4.78, 5) is 2.43. The van der Waals surface area contributed by atoms with E-state index in [1.165, 1.54) is 5.56 Å². The second-order valence-electron chi connectivity index (χ2n) is 5.35. The third kappa shape index (κ3) is 2.99. The molecule has 3 nitrogen and oxygen atoms in total. The van der Waals surface area contributed by atoms with E-state index in [2.05, 4.69) is 25.7 Å². The molecule has 0 radical (unpaired) electrons. The largest absolute Gasteiger partial charge is 0.508 e. The Labute approximate surface area is 103 Å². The third-order valence-electron chi connectivity index (χ3n) is 3.38. The molecule has 0 amide bonds. The molecule has 0 spiro atoms. The van der Waals surface area contributed by atoms with E-state index in [9.17, 15) is 5.11 Å². The zero-order chi connectivity index (χ0) is 12.5. The Morgan fingerprint density at radius 3 is 2.53 bits per heavy atom. The van der Waals surface area contributed by atoms with E-state index in [0.717, 1.165) is 19.7 Å². The average molecular weight is 235 g/mol. The van der Waals surface area contributed by atoms with Crippen LogP contribution >= 0.6 is 0 Å². The van der Waals surface area contributed by atoms with Crippen LogP contribution in [0.25, 0.3) is 0 Å². The predicted octanol–water partition coefficient (Wildman–Crippen LogP) is 2.56. The first-order valence-corrected chi connectivity index (χ1v) is 6.15. The van der Waals surface area contributed by atoms with E-state index in [-0.39, 0.29) is 5.60 Å². The summed E-state index contributed by atoms with van der Waals surface area (Å²) in [6.45, 7) is 9.15. The molecule has 0 saturated carbocycles. The lowest BCUT2D eigenvalue weighted by atomic mass is 10.0. The minimum atomic E-state index is -0.0660. The number of rotatable bonds is 2. The minimum Gasteiger partial charge on any atom is -0.508 e. The van der Waals surface area contributed by atoms with Crippen LogP contribution in [-0.2, 0) is 4.74 Å². The van der Waals surface area contributed by atoms with Crippen molar-refractivity contribution in [3.8, 4) is 5.75 Å². The highest BCUT2D eigenvalue weighted by molar-refractivity contribution is 5.27. The average Bonchev–Trinajstić information content (AvgIpc) is 2.28. The lowest BCUT2D eigenvalue weighted by molar-refractivity contribution is -0.0958. The molecule has 1 unspecified atom stereocenters. The van der Waals surface area contributed by atoms with Crippen LogP contribution in [0.4, 0.5) is 0 Å². The second-order valence-corrected chi connectivity index (χ2v) is 5.35. The Balaban J connectivity index is 2.09. The maximum absolute atomic E-state index is 9.30. The van der Waals surface area contributed by atoms with Gasteiger partial charge in [-0.2, -0.15) is 0 Å². The van der Waals surface area contributed by atoms with Crippen LogP contribution in [0.5, 0.6) is 5.75 Å². The van der Waals surface area contributed by atoms with Gasteiger partial charge in [-0.15, -0.1) is 0 Å².